The van der Waals surface area contributed by atoms with Crippen molar-refractivity contribution < 1.29 is 9.90 Å². The van der Waals surface area contributed by atoms with Gasteiger partial charge in [-0.15, -0.1) is 0 Å². The predicted molar refractivity (Wildman–Crippen MR) is 60.9 cm³/mol. The molecule has 2 fully saturated rings. The first-order valence-electron chi connectivity index (χ1n) is 6.02. The van der Waals surface area contributed by atoms with E-state index >= 15 is 0 Å². The summed E-state index contributed by atoms with van der Waals surface area (Å²) < 4.78 is 0. The monoisotopic (exact) mass is 216 g/mol. The summed E-state index contributed by atoms with van der Waals surface area (Å²) in [6, 6.07) is 9.99. The number of benzene rings is 1. The number of fused-ring (bicyclic) bond motifs is 1. The van der Waals surface area contributed by atoms with Crippen molar-refractivity contribution in [2.45, 2.75) is 31.3 Å². The van der Waals surface area contributed by atoms with Gasteiger partial charge in [0.25, 0.3) is 0 Å². The van der Waals surface area contributed by atoms with Gasteiger partial charge >= 0.3 is 0 Å². The molecule has 0 aromatic heterocycles. The molecule has 16 heavy (non-hydrogen) atoms. The van der Waals surface area contributed by atoms with Crippen molar-refractivity contribution in [2.75, 3.05) is 0 Å². The molecule has 3 atom stereocenters. The molecule has 0 aliphatic heterocycles. The molecule has 0 heterocycles. The van der Waals surface area contributed by atoms with Crippen LogP contribution in [0.3, 0.4) is 0 Å². The van der Waals surface area contributed by atoms with Crippen LogP contribution in [0.15, 0.2) is 30.3 Å². The van der Waals surface area contributed by atoms with Crippen LogP contribution in [0, 0.1) is 11.8 Å². The van der Waals surface area contributed by atoms with E-state index in [1.165, 1.54) is 0 Å². The first kappa shape index (κ1) is 10.0. The van der Waals surface area contributed by atoms with Crippen LogP contribution in [-0.4, -0.2) is 16.5 Å². The number of aliphatic hydroxyl groups is 1. The van der Waals surface area contributed by atoms with Gasteiger partial charge in [-0.05, 0) is 31.2 Å². The van der Waals surface area contributed by atoms with Crippen LogP contribution in [0.2, 0.25) is 0 Å². The van der Waals surface area contributed by atoms with Crippen molar-refractivity contribution in [3.05, 3.63) is 35.9 Å². The predicted octanol–water partition coefficient (Wildman–Crippen LogP) is 1.96. The van der Waals surface area contributed by atoms with Crippen molar-refractivity contribution >= 4 is 5.78 Å². The summed E-state index contributed by atoms with van der Waals surface area (Å²) in [4.78, 5) is 11.9. The second-order valence-corrected chi connectivity index (χ2v) is 5.08. The minimum absolute atomic E-state index is 0.0544. The molecule has 84 valence electrons. The standard InChI is InChI=1S/C14H16O2/c15-13-11-7-4-8-14(11,16)12(13)9-10-5-2-1-3-6-10/h1-3,5-6,11-12,16H,4,7-9H2/t11?,12-,14-/m1/s1. The topological polar surface area (TPSA) is 37.3 Å². The van der Waals surface area contributed by atoms with Crippen LogP contribution >= 0.6 is 0 Å². The van der Waals surface area contributed by atoms with E-state index in [1.54, 1.807) is 0 Å². The third kappa shape index (κ3) is 1.26. The van der Waals surface area contributed by atoms with Gasteiger partial charge < -0.3 is 5.11 Å². The van der Waals surface area contributed by atoms with Crippen molar-refractivity contribution in [3.8, 4) is 0 Å². The van der Waals surface area contributed by atoms with Gasteiger partial charge in [0.1, 0.15) is 5.78 Å². The van der Waals surface area contributed by atoms with Gasteiger partial charge in [0.05, 0.1) is 11.5 Å². The molecular weight excluding hydrogens is 200 g/mol. The molecule has 2 saturated carbocycles. The second-order valence-electron chi connectivity index (χ2n) is 5.08. The SMILES string of the molecule is O=C1C2CCC[C@]2(O)[C@@H]1Cc1ccccc1. The van der Waals surface area contributed by atoms with Gasteiger partial charge in [-0.25, -0.2) is 0 Å². The molecule has 0 bridgehead atoms. The number of carbonyl (C=O) groups excluding carboxylic acids is 1. The summed E-state index contributed by atoms with van der Waals surface area (Å²) >= 11 is 0. The Balaban J connectivity index is 1.79. The van der Waals surface area contributed by atoms with Crippen molar-refractivity contribution in [1.29, 1.82) is 0 Å². The van der Waals surface area contributed by atoms with Gasteiger partial charge in [-0.2, -0.15) is 0 Å². The smallest absolute Gasteiger partial charge is 0.145 e. The summed E-state index contributed by atoms with van der Waals surface area (Å²) in [6.07, 6.45) is 3.40. The Bertz CT molecular complexity index is 412. The Morgan fingerprint density at radius 1 is 1.31 bits per heavy atom. The summed E-state index contributed by atoms with van der Waals surface area (Å²) in [6.45, 7) is 0. The molecule has 0 spiro atoms. The summed E-state index contributed by atoms with van der Waals surface area (Å²) in [7, 11) is 0. The van der Waals surface area contributed by atoms with Crippen molar-refractivity contribution in [1.82, 2.24) is 0 Å². The van der Waals surface area contributed by atoms with Crippen LogP contribution in [0.4, 0.5) is 0 Å². The maximum Gasteiger partial charge on any atom is 0.145 e. The fourth-order valence-electron chi connectivity index (χ4n) is 3.34. The maximum absolute atomic E-state index is 11.9. The fraction of sp³-hybridized carbons (Fsp3) is 0.500. The summed E-state index contributed by atoms with van der Waals surface area (Å²) in [5.41, 5.74) is 0.479. The second kappa shape index (κ2) is 3.42. The van der Waals surface area contributed by atoms with E-state index < -0.39 is 5.60 Å². The number of rotatable bonds is 2. The minimum atomic E-state index is -0.674. The highest BCUT2D eigenvalue weighted by atomic mass is 16.3. The number of ketones is 1. The third-order valence-corrected chi connectivity index (χ3v) is 4.25. The first-order valence-corrected chi connectivity index (χ1v) is 6.02. The Kier molecular flexibility index (Phi) is 2.15. The average Bonchev–Trinajstić information content (AvgIpc) is 2.66. The zero-order chi connectivity index (χ0) is 11.2. The molecule has 0 saturated heterocycles. The van der Waals surface area contributed by atoms with Gasteiger partial charge in [-0.3, -0.25) is 4.79 Å². The highest BCUT2D eigenvalue weighted by Gasteiger charge is 2.62. The lowest BCUT2D eigenvalue weighted by Gasteiger charge is -2.47. The molecule has 0 radical (unpaired) electrons. The molecular formula is C14H16O2. The lowest BCUT2D eigenvalue weighted by atomic mass is 9.60. The zero-order valence-corrected chi connectivity index (χ0v) is 9.23. The molecule has 2 heteroatoms. The van der Waals surface area contributed by atoms with E-state index in [9.17, 15) is 9.90 Å². The fourth-order valence-corrected chi connectivity index (χ4v) is 3.34. The molecule has 1 N–H and O–H groups in total. The lowest BCUT2D eigenvalue weighted by molar-refractivity contribution is -0.170. The van der Waals surface area contributed by atoms with Gasteiger partial charge in [-0.1, -0.05) is 30.3 Å². The third-order valence-electron chi connectivity index (χ3n) is 4.25. The number of Topliss-reactive ketones (excluding diaryl/α,β-unsaturated/α-hetero) is 1. The normalized spacial score (nSPS) is 36.9. The van der Waals surface area contributed by atoms with Crippen LogP contribution in [-0.2, 0) is 11.2 Å². The zero-order valence-electron chi connectivity index (χ0n) is 9.23. The molecule has 1 unspecified atom stereocenters. The van der Waals surface area contributed by atoms with Crippen molar-refractivity contribution in [3.63, 3.8) is 0 Å². The molecule has 2 aliphatic rings. The Labute approximate surface area is 95.3 Å². The largest absolute Gasteiger partial charge is 0.388 e. The van der Waals surface area contributed by atoms with Crippen LogP contribution in [0.1, 0.15) is 24.8 Å². The number of hydrogen-bond acceptors (Lipinski definition) is 2. The highest BCUT2D eigenvalue weighted by Crippen LogP contribution is 2.52. The molecule has 1 aromatic rings. The summed E-state index contributed by atoms with van der Waals surface area (Å²) in [5.74, 6) is 0.0764. The molecule has 2 nitrogen and oxygen atoms in total. The maximum atomic E-state index is 11.9. The average molecular weight is 216 g/mol. The van der Waals surface area contributed by atoms with Crippen molar-refractivity contribution in [2.24, 2.45) is 11.8 Å². The molecule has 1 aromatic carbocycles. The van der Waals surface area contributed by atoms with E-state index in [-0.39, 0.29) is 17.6 Å². The number of hydrogen-bond donors (Lipinski definition) is 1. The minimum Gasteiger partial charge on any atom is -0.388 e. The van der Waals surface area contributed by atoms with E-state index in [0.717, 1.165) is 24.8 Å². The first-order chi connectivity index (χ1) is 7.72. The quantitative estimate of drug-likeness (QED) is 0.820. The molecule has 3 rings (SSSR count). The van der Waals surface area contributed by atoms with Gasteiger partial charge in [0.2, 0.25) is 0 Å². The Morgan fingerprint density at radius 2 is 2.06 bits per heavy atom. The summed E-state index contributed by atoms with van der Waals surface area (Å²) in [5, 5.41) is 10.4. The van der Waals surface area contributed by atoms with Crippen LogP contribution < -0.4 is 0 Å². The van der Waals surface area contributed by atoms with Crippen LogP contribution in [0.25, 0.3) is 0 Å². The van der Waals surface area contributed by atoms with Gasteiger partial charge in [0, 0.05) is 5.92 Å². The highest BCUT2D eigenvalue weighted by molar-refractivity contribution is 5.93. The lowest BCUT2D eigenvalue weighted by Crippen LogP contribution is -2.61. The van der Waals surface area contributed by atoms with E-state index in [1.807, 2.05) is 30.3 Å². The van der Waals surface area contributed by atoms with E-state index in [0.29, 0.717) is 6.42 Å². The van der Waals surface area contributed by atoms with E-state index in [2.05, 4.69) is 0 Å². The Morgan fingerprint density at radius 3 is 2.81 bits per heavy atom. The number of carbonyl (C=O) groups is 1. The van der Waals surface area contributed by atoms with Gasteiger partial charge in [0.15, 0.2) is 0 Å². The van der Waals surface area contributed by atoms with E-state index in [4.69, 9.17) is 0 Å². The molecule has 2 aliphatic carbocycles. The Hall–Kier alpha value is -1.15. The molecule has 0 amide bonds. The van der Waals surface area contributed by atoms with Crippen LogP contribution in [0.5, 0.6) is 0 Å².